The van der Waals surface area contributed by atoms with E-state index in [0.29, 0.717) is 0 Å². The first-order valence-corrected chi connectivity index (χ1v) is 5.73. The van der Waals surface area contributed by atoms with E-state index in [2.05, 4.69) is 6.92 Å². The van der Waals surface area contributed by atoms with Gasteiger partial charge in [-0.15, -0.1) is 0 Å². The van der Waals surface area contributed by atoms with Gasteiger partial charge >= 0.3 is 0 Å². The van der Waals surface area contributed by atoms with Gasteiger partial charge in [0, 0.05) is 0 Å². The molecule has 0 fully saturated rings. The summed E-state index contributed by atoms with van der Waals surface area (Å²) in [5.41, 5.74) is 4.96. The number of rotatable bonds is 9. The minimum Gasteiger partial charge on any atom is -0.366 e. The van der Waals surface area contributed by atoms with Crippen LogP contribution in [-0.2, 0) is 4.79 Å². The quantitative estimate of drug-likeness (QED) is 0.448. The number of allylic oxidation sites excluding steroid dienone is 1. The zero-order chi connectivity index (χ0) is 10.6. The summed E-state index contributed by atoms with van der Waals surface area (Å²) >= 11 is 0. The largest absolute Gasteiger partial charge is 0.366 e. The summed E-state index contributed by atoms with van der Waals surface area (Å²) in [7, 11) is 0. The number of amides is 1. The molecule has 0 aromatic heterocycles. The molecule has 82 valence electrons. The molecule has 0 aliphatic heterocycles. The van der Waals surface area contributed by atoms with Gasteiger partial charge in [-0.2, -0.15) is 0 Å². The topological polar surface area (TPSA) is 43.1 Å². The normalized spacial score (nSPS) is 10.9. The van der Waals surface area contributed by atoms with E-state index in [0.717, 1.165) is 6.42 Å². The molecule has 0 atom stereocenters. The SMILES string of the molecule is CCCCCCCCC/C=C/C(N)=O. The molecule has 0 spiro atoms. The lowest BCUT2D eigenvalue weighted by atomic mass is 10.1. The summed E-state index contributed by atoms with van der Waals surface area (Å²) in [6, 6.07) is 0. The summed E-state index contributed by atoms with van der Waals surface area (Å²) in [6.45, 7) is 2.23. The lowest BCUT2D eigenvalue weighted by Gasteiger charge is -1.98. The molecular weight excluding hydrogens is 174 g/mol. The number of nitrogens with two attached hydrogens (primary N) is 1. The summed E-state index contributed by atoms with van der Waals surface area (Å²) < 4.78 is 0. The Morgan fingerprint density at radius 1 is 1.07 bits per heavy atom. The minimum atomic E-state index is -0.340. The fraction of sp³-hybridized carbons (Fsp3) is 0.750. The summed E-state index contributed by atoms with van der Waals surface area (Å²) in [6.07, 6.45) is 13.5. The van der Waals surface area contributed by atoms with Gasteiger partial charge in [0.2, 0.25) is 5.91 Å². The minimum absolute atomic E-state index is 0.340. The number of primary amides is 1. The summed E-state index contributed by atoms with van der Waals surface area (Å²) in [4.78, 5) is 10.3. The van der Waals surface area contributed by atoms with Crippen molar-refractivity contribution in [2.75, 3.05) is 0 Å². The first kappa shape index (κ1) is 13.2. The van der Waals surface area contributed by atoms with Crippen LogP contribution in [0, 0.1) is 0 Å². The predicted molar refractivity (Wildman–Crippen MR) is 60.9 cm³/mol. The van der Waals surface area contributed by atoms with Crippen LogP contribution in [0.1, 0.15) is 58.3 Å². The zero-order valence-corrected chi connectivity index (χ0v) is 9.30. The van der Waals surface area contributed by atoms with Crippen molar-refractivity contribution in [2.45, 2.75) is 58.3 Å². The molecule has 0 saturated carbocycles. The van der Waals surface area contributed by atoms with Gasteiger partial charge in [-0.05, 0) is 18.9 Å². The fourth-order valence-electron chi connectivity index (χ4n) is 1.42. The van der Waals surface area contributed by atoms with E-state index in [-0.39, 0.29) is 5.91 Å². The highest BCUT2D eigenvalue weighted by Crippen LogP contribution is 2.08. The Balaban J connectivity index is 3.02. The molecule has 0 aliphatic carbocycles. The summed E-state index contributed by atoms with van der Waals surface area (Å²) in [5, 5.41) is 0. The predicted octanol–water partition coefficient (Wildman–Crippen LogP) is 3.17. The Hall–Kier alpha value is -0.790. The average Bonchev–Trinajstić information content (AvgIpc) is 2.15. The van der Waals surface area contributed by atoms with Gasteiger partial charge in [0.05, 0.1) is 0 Å². The van der Waals surface area contributed by atoms with Crippen molar-refractivity contribution in [3.05, 3.63) is 12.2 Å². The van der Waals surface area contributed by atoms with Gasteiger partial charge in [-0.3, -0.25) is 4.79 Å². The fourth-order valence-corrected chi connectivity index (χ4v) is 1.42. The second-order valence-electron chi connectivity index (χ2n) is 3.71. The van der Waals surface area contributed by atoms with Gasteiger partial charge in [-0.1, -0.05) is 51.5 Å². The molecule has 14 heavy (non-hydrogen) atoms. The van der Waals surface area contributed by atoms with Crippen LogP contribution < -0.4 is 5.73 Å². The first-order valence-electron chi connectivity index (χ1n) is 5.73. The Morgan fingerprint density at radius 3 is 2.21 bits per heavy atom. The van der Waals surface area contributed by atoms with Gasteiger partial charge < -0.3 is 5.73 Å². The number of unbranched alkanes of at least 4 members (excludes halogenated alkanes) is 7. The molecule has 0 aromatic rings. The van der Waals surface area contributed by atoms with Crippen molar-refractivity contribution < 1.29 is 4.79 Å². The highest BCUT2D eigenvalue weighted by molar-refractivity contribution is 5.85. The van der Waals surface area contributed by atoms with Gasteiger partial charge in [0.25, 0.3) is 0 Å². The van der Waals surface area contributed by atoms with Crippen molar-refractivity contribution >= 4 is 5.91 Å². The second kappa shape index (κ2) is 10.3. The van der Waals surface area contributed by atoms with Gasteiger partial charge in [0.1, 0.15) is 0 Å². The van der Waals surface area contributed by atoms with Crippen molar-refractivity contribution in [2.24, 2.45) is 5.73 Å². The smallest absolute Gasteiger partial charge is 0.241 e. The molecule has 0 heterocycles. The molecule has 2 nitrogen and oxygen atoms in total. The molecule has 0 bridgehead atoms. The van der Waals surface area contributed by atoms with Crippen molar-refractivity contribution in [1.29, 1.82) is 0 Å². The van der Waals surface area contributed by atoms with Gasteiger partial charge in [-0.25, -0.2) is 0 Å². The monoisotopic (exact) mass is 197 g/mol. The van der Waals surface area contributed by atoms with Crippen LogP contribution in [0.15, 0.2) is 12.2 Å². The van der Waals surface area contributed by atoms with Gasteiger partial charge in [0.15, 0.2) is 0 Å². The third kappa shape index (κ3) is 11.2. The lowest BCUT2D eigenvalue weighted by Crippen LogP contribution is -2.05. The number of hydrogen-bond donors (Lipinski definition) is 1. The van der Waals surface area contributed by atoms with Crippen molar-refractivity contribution in [3.63, 3.8) is 0 Å². The molecule has 0 radical (unpaired) electrons. The van der Waals surface area contributed by atoms with Crippen LogP contribution >= 0.6 is 0 Å². The Morgan fingerprint density at radius 2 is 1.64 bits per heavy atom. The van der Waals surface area contributed by atoms with E-state index in [1.165, 1.54) is 51.0 Å². The van der Waals surface area contributed by atoms with E-state index >= 15 is 0 Å². The third-order valence-electron chi connectivity index (χ3n) is 2.26. The van der Waals surface area contributed by atoms with E-state index < -0.39 is 0 Å². The average molecular weight is 197 g/mol. The molecule has 0 aliphatic rings. The van der Waals surface area contributed by atoms with Crippen molar-refractivity contribution in [3.8, 4) is 0 Å². The third-order valence-corrected chi connectivity index (χ3v) is 2.26. The maximum Gasteiger partial charge on any atom is 0.241 e. The van der Waals surface area contributed by atoms with Crippen LogP contribution in [0.25, 0.3) is 0 Å². The van der Waals surface area contributed by atoms with E-state index in [4.69, 9.17) is 5.73 Å². The van der Waals surface area contributed by atoms with Crippen molar-refractivity contribution in [1.82, 2.24) is 0 Å². The number of hydrogen-bond acceptors (Lipinski definition) is 1. The first-order chi connectivity index (χ1) is 6.77. The molecule has 0 unspecified atom stereocenters. The van der Waals surface area contributed by atoms with E-state index in [1.54, 1.807) is 0 Å². The lowest BCUT2D eigenvalue weighted by molar-refractivity contribution is -0.113. The van der Waals surface area contributed by atoms with E-state index in [1.807, 2.05) is 6.08 Å². The molecule has 0 aromatic carbocycles. The molecule has 0 rings (SSSR count). The summed E-state index contributed by atoms with van der Waals surface area (Å²) in [5.74, 6) is -0.340. The highest BCUT2D eigenvalue weighted by Gasteiger charge is 1.89. The van der Waals surface area contributed by atoms with Crippen LogP contribution in [0.3, 0.4) is 0 Å². The molecular formula is C12H23NO. The Labute approximate surface area is 87.6 Å². The van der Waals surface area contributed by atoms with Crippen LogP contribution in [0.4, 0.5) is 0 Å². The second-order valence-corrected chi connectivity index (χ2v) is 3.71. The Kier molecular flexibility index (Phi) is 9.71. The number of carbonyl (C=O) groups excluding carboxylic acids is 1. The molecule has 2 N–H and O–H groups in total. The molecule has 2 heteroatoms. The zero-order valence-electron chi connectivity index (χ0n) is 9.30. The number of carbonyl (C=O) groups is 1. The van der Waals surface area contributed by atoms with E-state index in [9.17, 15) is 4.79 Å². The maximum atomic E-state index is 10.3. The van der Waals surface area contributed by atoms with Crippen LogP contribution in [-0.4, -0.2) is 5.91 Å². The van der Waals surface area contributed by atoms with Crippen LogP contribution in [0.2, 0.25) is 0 Å². The maximum absolute atomic E-state index is 10.3. The molecule has 1 amide bonds. The standard InChI is InChI=1S/C12H23NO/c1-2-3-4-5-6-7-8-9-10-11-12(13)14/h10-11H,2-9H2,1H3,(H2,13,14)/b11-10+. The molecule has 0 saturated heterocycles. The van der Waals surface area contributed by atoms with Crippen LogP contribution in [0.5, 0.6) is 0 Å². The highest BCUT2D eigenvalue weighted by atomic mass is 16.1. The Bertz CT molecular complexity index is 164.